The van der Waals surface area contributed by atoms with E-state index in [2.05, 4.69) is 19.9 Å². The van der Waals surface area contributed by atoms with Crippen LogP contribution in [0.15, 0.2) is 23.8 Å². The lowest BCUT2D eigenvalue weighted by molar-refractivity contribution is -0.302. The molecule has 5 fully saturated rings. The average Bonchev–Trinajstić information content (AvgIpc) is 3.54. The molecule has 1 N–H and O–H groups in total. The molecule has 256 valence electrons. The molecule has 3 aliphatic heterocycles. The van der Waals surface area contributed by atoms with Crippen LogP contribution in [-0.4, -0.2) is 72.4 Å². The number of esters is 2. The van der Waals surface area contributed by atoms with Crippen LogP contribution in [0.2, 0.25) is 0 Å². The first-order valence-electron chi connectivity index (χ1n) is 17.9. The van der Waals surface area contributed by atoms with Crippen LogP contribution in [0.25, 0.3) is 0 Å². The summed E-state index contributed by atoms with van der Waals surface area (Å²) in [6.07, 6.45) is 13.8. The number of fused-ring (bicyclic) bond motifs is 5. The molecule has 0 bridgehead atoms. The Morgan fingerprint density at radius 2 is 1.78 bits per heavy atom. The normalized spacial score (nSPS) is 50.2. The van der Waals surface area contributed by atoms with E-state index in [1.165, 1.54) is 6.92 Å². The molecule has 4 saturated carbocycles. The number of hydrogen-bond donors (Lipinski definition) is 1. The van der Waals surface area contributed by atoms with Crippen LogP contribution in [0.3, 0.4) is 0 Å². The van der Waals surface area contributed by atoms with Gasteiger partial charge in [-0.2, -0.15) is 0 Å². The SMILES string of the molecule is CC(=O)O[C@H]1C[C@H](O[C@H]2CC[C@@]3(C)[C@H](CC[C@@H]4[C@@H]3CC[C@]3(C)[C@@H](C5=CC(=O)OC5)CC[C@]43O)C2)O[C@H](C)[C@H]1O[C@H]1CC=C[C@@H](C)O1. The Bertz CT molecular complexity index is 1250. The summed E-state index contributed by atoms with van der Waals surface area (Å²) in [7, 11) is 0. The average molecular weight is 643 g/mol. The second-order valence-electron chi connectivity index (χ2n) is 16.0. The van der Waals surface area contributed by atoms with E-state index < -0.39 is 30.4 Å². The van der Waals surface area contributed by atoms with Gasteiger partial charge in [0, 0.05) is 31.3 Å². The van der Waals surface area contributed by atoms with Crippen molar-refractivity contribution >= 4 is 11.9 Å². The first-order valence-corrected chi connectivity index (χ1v) is 17.9. The van der Waals surface area contributed by atoms with Gasteiger partial charge in [0.15, 0.2) is 12.6 Å². The molecule has 3 heterocycles. The summed E-state index contributed by atoms with van der Waals surface area (Å²) >= 11 is 0. The van der Waals surface area contributed by atoms with Crippen LogP contribution < -0.4 is 0 Å². The van der Waals surface area contributed by atoms with Crippen molar-refractivity contribution in [3.8, 4) is 0 Å². The summed E-state index contributed by atoms with van der Waals surface area (Å²) in [6, 6.07) is 0. The molecule has 7 aliphatic rings. The highest BCUT2D eigenvalue weighted by Gasteiger charge is 2.67. The molecule has 9 heteroatoms. The van der Waals surface area contributed by atoms with Crippen molar-refractivity contribution in [2.24, 2.45) is 34.5 Å². The van der Waals surface area contributed by atoms with E-state index in [9.17, 15) is 14.7 Å². The number of cyclic esters (lactones) is 1. The first-order chi connectivity index (χ1) is 21.9. The van der Waals surface area contributed by atoms with Crippen LogP contribution in [0.4, 0.5) is 0 Å². The molecule has 0 aromatic rings. The molecule has 0 spiro atoms. The Morgan fingerprint density at radius 1 is 0.957 bits per heavy atom. The summed E-state index contributed by atoms with van der Waals surface area (Å²) in [5, 5.41) is 12.5. The molecule has 0 amide bonds. The number of aliphatic hydroxyl groups is 1. The maximum Gasteiger partial charge on any atom is 0.331 e. The molecular weight excluding hydrogens is 588 g/mol. The van der Waals surface area contributed by atoms with E-state index in [1.54, 1.807) is 6.08 Å². The van der Waals surface area contributed by atoms with Crippen molar-refractivity contribution in [2.75, 3.05) is 6.61 Å². The number of carbonyl (C=O) groups excluding carboxylic acids is 2. The van der Waals surface area contributed by atoms with E-state index in [0.717, 1.165) is 63.4 Å². The van der Waals surface area contributed by atoms with Gasteiger partial charge in [-0.3, -0.25) is 4.79 Å². The van der Waals surface area contributed by atoms with Gasteiger partial charge in [0.25, 0.3) is 0 Å². The van der Waals surface area contributed by atoms with Crippen LogP contribution in [0, 0.1) is 34.5 Å². The molecule has 7 rings (SSSR count). The van der Waals surface area contributed by atoms with Crippen molar-refractivity contribution in [1.29, 1.82) is 0 Å². The van der Waals surface area contributed by atoms with Gasteiger partial charge < -0.3 is 33.5 Å². The molecular formula is C37H54O9. The minimum absolute atomic E-state index is 0.0263. The Balaban J connectivity index is 0.994. The lowest BCUT2D eigenvalue weighted by Crippen LogP contribution is -2.62. The number of rotatable bonds is 6. The predicted octanol–water partition coefficient (Wildman–Crippen LogP) is 5.77. The summed E-state index contributed by atoms with van der Waals surface area (Å²) in [5.74, 6) is 0.935. The third-order valence-electron chi connectivity index (χ3n) is 13.6. The lowest BCUT2D eigenvalue weighted by atomic mass is 9.43. The van der Waals surface area contributed by atoms with Gasteiger partial charge in [0.2, 0.25) is 0 Å². The van der Waals surface area contributed by atoms with Gasteiger partial charge >= 0.3 is 11.9 Å². The highest BCUT2D eigenvalue weighted by Crippen LogP contribution is 2.70. The minimum Gasteiger partial charge on any atom is -0.459 e. The summed E-state index contributed by atoms with van der Waals surface area (Å²) in [5.41, 5.74) is 0.322. The van der Waals surface area contributed by atoms with E-state index in [4.69, 9.17) is 28.4 Å². The zero-order valence-corrected chi connectivity index (χ0v) is 28.3. The smallest absolute Gasteiger partial charge is 0.331 e. The topological polar surface area (TPSA) is 110 Å². The van der Waals surface area contributed by atoms with E-state index >= 15 is 0 Å². The van der Waals surface area contributed by atoms with Gasteiger partial charge in [-0.05, 0) is 106 Å². The molecule has 9 nitrogen and oxygen atoms in total. The lowest BCUT2D eigenvalue weighted by Gasteiger charge is -2.64. The zero-order valence-electron chi connectivity index (χ0n) is 28.3. The quantitative estimate of drug-likeness (QED) is 0.219. The van der Waals surface area contributed by atoms with Crippen LogP contribution in [0.1, 0.15) is 105 Å². The van der Waals surface area contributed by atoms with Crippen LogP contribution >= 0.6 is 0 Å². The van der Waals surface area contributed by atoms with Crippen LogP contribution in [-0.2, 0) is 38.0 Å². The largest absolute Gasteiger partial charge is 0.459 e. The predicted molar refractivity (Wildman–Crippen MR) is 168 cm³/mol. The Hall–Kier alpha value is -1.78. The Labute approximate surface area is 273 Å². The van der Waals surface area contributed by atoms with Crippen molar-refractivity contribution < 1.29 is 43.1 Å². The Morgan fingerprint density at radius 3 is 2.52 bits per heavy atom. The van der Waals surface area contributed by atoms with E-state index in [1.807, 2.05) is 19.9 Å². The molecule has 4 aliphatic carbocycles. The van der Waals surface area contributed by atoms with Crippen molar-refractivity contribution in [3.63, 3.8) is 0 Å². The molecule has 0 unspecified atom stereocenters. The summed E-state index contributed by atoms with van der Waals surface area (Å²) in [6.45, 7) is 10.5. The second kappa shape index (κ2) is 12.3. The van der Waals surface area contributed by atoms with Gasteiger partial charge in [-0.1, -0.05) is 26.0 Å². The Kier molecular flexibility index (Phi) is 8.74. The van der Waals surface area contributed by atoms with Crippen LogP contribution in [0.5, 0.6) is 0 Å². The van der Waals surface area contributed by atoms with Gasteiger partial charge in [0.1, 0.15) is 18.8 Å². The maximum absolute atomic E-state index is 12.5. The summed E-state index contributed by atoms with van der Waals surface area (Å²) in [4.78, 5) is 24.0. The number of carbonyl (C=O) groups is 2. The van der Waals surface area contributed by atoms with Crippen molar-refractivity contribution in [1.82, 2.24) is 0 Å². The number of hydrogen-bond acceptors (Lipinski definition) is 9. The summed E-state index contributed by atoms with van der Waals surface area (Å²) < 4.78 is 36.4. The second-order valence-corrected chi connectivity index (χ2v) is 16.0. The van der Waals surface area contributed by atoms with Gasteiger partial charge in [-0.15, -0.1) is 0 Å². The highest BCUT2D eigenvalue weighted by molar-refractivity contribution is 5.85. The maximum atomic E-state index is 12.5. The van der Waals surface area contributed by atoms with Crippen molar-refractivity contribution in [2.45, 2.75) is 154 Å². The molecule has 14 atom stereocenters. The molecule has 0 aromatic carbocycles. The van der Waals surface area contributed by atoms with E-state index in [-0.39, 0.29) is 52.9 Å². The zero-order chi connectivity index (χ0) is 32.4. The molecule has 1 saturated heterocycles. The fraction of sp³-hybridized carbons (Fsp3) is 0.838. The molecule has 0 radical (unpaired) electrons. The third kappa shape index (κ3) is 5.60. The van der Waals surface area contributed by atoms with E-state index in [0.29, 0.717) is 31.3 Å². The standard InChI is InChI=1S/C37H54O9/c1-21-7-6-8-32(42-21)46-34-22(2)43-33(19-30(34)44-23(3)38)45-26-11-14-35(4)25(18-26)9-10-29-28(35)12-15-36(5)27(13-16-37(29,36)40)24-17-31(39)41-20-24/h6-7,17,21-22,25-30,32-34,40H,8-16,18-20H2,1-5H3/t21-,22-,25-,26+,27-,28+,29-,30+,32+,33+,34-,35+,36-,37+/m1/s1. The highest BCUT2D eigenvalue weighted by atomic mass is 16.7. The van der Waals surface area contributed by atoms with Crippen molar-refractivity contribution in [3.05, 3.63) is 23.8 Å². The monoisotopic (exact) mass is 642 g/mol. The van der Waals surface area contributed by atoms with Gasteiger partial charge in [0.05, 0.1) is 23.9 Å². The minimum atomic E-state index is -0.707. The fourth-order valence-corrected chi connectivity index (χ4v) is 11.3. The fourth-order valence-electron chi connectivity index (χ4n) is 11.3. The molecule has 0 aromatic heterocycles. The third-order valence-corrected chi connectivity index (χ3v) is 13.6. The molecule has 46 heavy (non-hydrogen) atoms. The number of ether oxygens (including phenoxy) is 6. The van der Waals surface area contributed by atoms with Gasteiger partial charge in [-0.25, -0.2) is 4.79 Å². The first kappa shape index (κ1) is 32.8.